The standard InChI is InChI=1S/C20H23FN2O3S/c21-20(27(25,26)18-8-6-17(7-9-18)19(22)24)11-14-23(15-12-20)13-10-16-4-2-1-3-5-16/h1-9H,10-15H2,(H2,22,24). The number of nitrogens with zero attached hydrogens (tertiary/aromatic N) is 1. The summed E-state index contributed by atoms with van der Waals surface area (Å²) in [6.45, 7) is 1.55. The van der Waals surface area contributed by atoms with Gasteiger partial charge in [0.15, 0.2) is 0 Å². The molecule has 5 nitrogen and oxygen atoms in total. The Labute approximate surface area is 158 Å². The molecule has 0 aliphatic carbocycles. The van der Waals surface area contributed by atoms with Gasteiger partial charge in [-0.15, -0.1) is 0 Å². The zero-order valence-electron chi connectivity index (χ0n) is 15.0. The third-order valence-electron chi connectivity index (χ3n) is 5.09. The third kappa shape index (κ3) is 4.20. The van der Waals surface area contributed by atoms with Crippen molar-refractivity contribution < 1.29 is 17.6 Å². The van der Waals surface area contributed by atoms with Crippen LogP contribution in [0.15, 0.2) is 59.5 Å². The number of nitrogens with two attached hydrogens (primary N) is 1. The number of sulfone groups is 1. The van der Waals surface area contributed by atoms with E-state index in [1.54, 1.807) is 0 Å². The van der Waals surface area contributed by atoms with Gasteiger partial charge in [-0.05, 0) is 36.2 Å². The summed E-state index contributed by atoms with van der Waals surface area (Å²) < 4.78 is 40.9. The molecule has 1 aliphatic heterocycles. The molecule has 2 aromatic carbocycles. The van der Waals surface area contributed by atoms with E-state index >= 15 is 4.39 Å². The van der Waals surface area contributed by atoms with Crippen LogP contribution in [0.4, 0.5) is 4.39 Å². The molecule has 7 heteroatoms. The average molecular weight is 390 g/mol. The first kappa shape index (κ1) is 19.5. The zero-order valence-corrected chi connectivity index (χ0v) is 15.8. The summed E-state index contributed by atoms with van der Waals surface area (Å²) in [7, 11) is -4.14. The van der Waals surface area contributed by atoms with Gasteiger partial charge in [0, 0.05) is 38.0 Å². The monoisotopic (exact) mass is 390 g/mol. The van der Waals surface area contributed by atoms with E-state index in [1.165, 1.54) is 29.8 Å². The molecule has 144 valence electrons. The second-order valence-corrected chi connectivity index (χ2v) is 9.06. The Morgan fingerprint density at radius 2 is 1.63 bits per heavy atom. The van der Waals surface area contributed by atoms with Gasteiger partial charge >= 0.3 is 0 Å². The van der Waals surface area contributed by atoms with E-state index in [-0.39, 0.29) is 23.3 Å². The van der Waals surface area contributed by atoms with Gasteiger partial charge in [-0.2, -0.15) is 0 Å². The van der Waals surface area contributed by atoms with Crippen LogP contribution in [0.3, 0.4) is 0 Å². The molecule has 1 heterocycles. The second kappa shape index (κ2) is 7.78. The Morgan fingerprint density at radius 3 is 2.19 bits per heavy atom. The summed E-state index contributed by atoms with van der Waals surface area (Å²) in [6.07, 6.45) is 0.713. The van der Waals surface area contributed by atoms with Crippen molar-refractivity contribution in [2.75, 3.05) is 19.6 Å². The Balaban J connectivity index is 1.64. The predicted octanol–water partition coefficient (Wildman–Crippen LogP) is 2.56. The van der Waals surface area contributed by atoms with E-state index in [4.69, 9.17) is 5.73 Å². The van der Waals surface area contributed by atoms with Crippen molar-refractivity contribution in [1.82, 2.24) is 4.90 Å². The number of rotatable bonds is 6. The van der Waals surface area contributed by atoms with Crippen LogP contribution in [-0.4, -0.2) is 43.9 Å². The number of primary amides is 1. The molecule has 0 atom stereocenters. The van der Waals surface area contributed by atoms with Gasteiger partial charge in [-0.3, -0.25) is 4.79 Å². The van der Waals surface area contributed by atoms with Crippen molar-refractivity contribution in [2.24, 2.45) is 5.73 Å². The summed E-state index contributed by atoms with van der Waals surface area (Å²) in [6, 6.07) is 15.1. The quantitative estimate of drug-likeness (QED) is 0.822. The van der Waals surface area contributed by atoms with E-state index in [9.17, 15) is 13.2 Å². The first-order valence-electron chi connectivity index (χ1n) is 8.91. The van der Waals surface area contributed by atoms with E-state index in [0.717, 1.165) is 13.0 Å². The Kier molecular flexibility index (Phi) is 5.62. The van der Waals surface area contributed by atoms with Crippen LogP contribution >= 0.6 is 0 Å². The highest BCUT2D eigenvalue weighted by molar-refractivity contribution is 7.92. The Hall–Kier alpha value is -2.25. The van der Waals surface area contributed by atoms with Crippen LogP contribution in [0.2, 0.25) is 0 Å². The van der Waals surface area contributed by atoms with E-state index in [2.05, 4.69) is 4.90 Å². The second-order valence-electron chi connectivity index (χ2n) is 6.85. The maximum atomic E-state index is 15.3. The van der Waals surface area contributed by atoms with Gasteiger partial charge in [0.25, 0.3) is 0 Å². The minimum atomic E-state index is -4.14. The highest BCUT2D eigenvalue weighted by Crippen LogP contribution is 2.36. The molecule has 1 fully saturated rings. The molecule has 2 aromatic rings. The van der Waals surface area contributed by atoms with Crippen LogP contribution in [0.1, 0.15) is 28.8 Å². The number of piperidine rings is 1. The zero-order chi connectivity index (χ0) is 19.5. The summed E-state index contributed by atoms with van der Waals surface area (Å²) in [5.74, 6) is -0.652. The number of hydrogen-bond donors (Lipinski definition) is 1. The maximum Gasteiger partial charge on any atom is 0.248 e. The van der Waals surface area contributed by atoms with Gasteiger partial charge in [-0.1, -0.05) is 30.3 Å². The molecular weight excluding hydrogens is 367 g/mol. The molecule has 2 N–H and O–H groups in total. The van der Waals surface area contributed by atoms with E-state index in [0.29, 0.717) is 13.1 Å². The lowest BCUT2D eigenvalue weighted by Crippen LogP contribution is -2.46. The first-order valence-corrected chi connectivity index (χ1v) is 10.4. The van der Waals surface area contributed by atoms with Gasteiger partial charge < -0.3 is 10.6 Å². The van der Waals surface area contributed by atoms with Crippen LogP contribution in [-0.2, 0) is 16.3 Å². The number of likely N-dealkylation sites (tertiary alicyclic amines) is 1. The van der Waals surface area contributed by atoms with Crippen LogP contribution in [0.25, 0.3) is 0 Å². The molecule has 1 saturated heterocycles. The van der Waals surface area contributed by atoms with E-state index < -0.39 is 20.7 Å². The maximum absolute atomic E-state index is 15.3. The minimum Gasteiger partial charge on any atom is -0.366 e. The van der Waals surface area contributed by atoms with Crippen molar-refractivity contribution in [2.45, 2.75) is 29.2 Å². The van der Waals surface area contributed by atoms with Crippen molar-refractivity contribution in [3.05, 3.63) is 65.7 Å². The van der Waals surface area contributed by atoms with Crippen LogP contribution in [0.5, 0.6) is 0 Å². The third-order valence-corrected chi connectivity index (χ3v) is 7.36. The van der Waals surface area contributed by atoms with Gasteiger partial charge in [0.2, 0.25) is 20.7 Å². The number of hydrogen-bond acceptors (Lipinski definition) is 4. The lowest BCUT2D eigenvalue weighted by atomic mass is 10.1. The highest BCUT2D eigenvalue weighted by Gasteiger charge is 2.47. The number of alkyl halides is 1. The molecule has 3 rings (SSSR count). The first-order chi connectivity index (χ1) is 12.8. The predicted molar refractivity (Wildman–Crippen MR) is 102 cm³/mol. The number of benzene rings is 2. The number of carbonyl (C=O) groups is 1. The van der Waals surface area contributed by atoms with Gasteiger partial charge in [0.1, 0.15) is 0 Å². The smallest absolute Gasteiger partial charge is 0.248 e. The number of amides is 1. The highest BCUT2D eigenvalue weighted by atomic mass is 32.2. The lowest BCUT2D eigenvalue weighted by molar-refractivity contribution is 0.1000. The Bertz CT molecular complexity index is 891. The molecule has 27 heavy (non-hydrogen) atoms. The van der Waals surface area contributed by atoms with Crippen LogP contribution in [0, 0.1) is 0 Å². The largest absolute Gasteiger partial charge is 0.366 e. The van der Waals surface area contributed by atoms with E-state index in [1.807, 2.05) is 30.3 Å². The lowest BCUT2D eigenvalue weighted by Gasteiger charge is -2.35. The molecular formula is C20H23FN2O3S. The molecule has 0 unspecified atom stereocenters. The summed E-state index contributed by atoms with van der Waals surface area (Å²) >= 11 is 0. The molecule has 0 saturated carbocycles. The molecule has 1 aliphatic rings. The van der Waals surface area contributed by atoms with Crippen LogP contribution < -0.4 is 5.73 Å². The number of carbonyl (C=O) groups excluding carboxylic acids is 1. The van der Waals surface area contributed by atoms with Gasteiger partial charge in [-0.25, -0.2) is 12.8 Å². The van der Waals surface area contributed by atoms with Crippen molar-refractivity contribution in [3.8, 4) is 0 Å². The summed E-state index contributed by atoms with van der Waals surface area (Å²) in [4.78, 5) is 13.1. The SMILES string of the molecule is NC(=O)c1ccc(S(=O)(=O)C2(F)CCN(CCc3ccccc3)CC2)cc1. The van der Waals surface area contributed by atoms with Crippen molar-refractivity contribution in [3.63, 3.8) is 0 Å². The fraction of sp³-hybridized carbons (Fsp3) is 0.350. The molecule has 0 spiro atoms. The molecule has 0 bridgehead atoms. The molecule has 1 amide bonds. The normalized spacial score (nSPS) is 17.5. The van der Waals surface area contributed by atoms with Gasteiger partial charge in [0.05, 0.1) is 4.90 Å². The molecule has 0 aromatic heterocycles. The minimum absolute atomic E-state index is 0.0678. The summed E-state index contributed by atoms with van der Waals surface area (Å²) in [5.41, 5.74) is 6.56. The van der Waals surface area contributed by atoms with Crippen molar-refractivity contribution >= 4 is 15.7 Å². The number of halogens is 1. The fourth-order valence-corrected chi connectivity index (χ4v) is 4.96. The molecule has 0 radical (unpaired) electrons. The Morgan fingerprint density at radius 1 is 1.04 bits per heavy atom. The fourth-order valence-electron chi connectivity index (χ4n) is 3.32. The topological polar surface area (TPSA) is 80.5 Å². The average Bonchev–Trinajstić information content (AvgIpc) is 2.68. The van der Waals surface area contributed by atoms with Crippen molar-refractivity contribution in [1.29, 1.82) is 0 Å². The summed E-state index contributed by atoms with van der Waals surface area (Å²) in [5, 5.41) is -2.29.